The van der Waals surface area contributed by atoms with Gasteiger partial charge in [-0.05, 0) is 52.0 Å². The summed E-state index contributed by atoms with van der Waals surface area (Å²) in [5.41, 5.74) is -2.01. The lowest BCUT2D eigenvalue weighted by Gasteiger charge is -2.31. The maximum absolute atomic E-state index is 11.0. The second-order valence-electron chi connectivity index (χ2n) is 5.81. The van der Waals surface area contributed by atoms with E-state index in [1.807, 2.05) is 0 Å². The molecule has 0 spiro atoms. The minimum atomic E-state index is -3.23. The lowest BCUT2D eigenvalue weighted by molar-refractivity contribution is -0.107. The van der Waals surface area contributed by atoms with Gasteiger partial charge in [0.25, 0.3) is 0 Å². The zero-order valence-corrected chi connectivity index (χ0v) is 14.1. The predicted molar refractivity (Wildman–Crippen MR) is 83.0 cm³/mol. The van der Waals surface area contributed by atoms with Crippen LogP contribution >= 0.6 is 0 Å². The van der Waals surface area contributed by atoms with Crippen LogP contribution in [0.3, 0.4) is 0 Å². The van der Waals surface area contributed by atoms with Gasteiger partial charge in [-0.15, -0.1) is 0 Å². The summed E-state index contributed by atoms with van der Waals surface area (Å²) in [6, 6.07) is 5.34. The molecule has 0 saturated carbocycles. The van der Waals surface area contributed by atoms with Gasteiger partial charge in [-0.2, -0.15) is 0 Å². The summed E-state index contributed by atoms with van der Waals surface area (Å²) in [6.07, 6.45) is 1.09. The number of benzene rings is 1. The molecule has 0 saturated heterocycles. The first-order chi connectivity index (χ1) is 9.64. The molecular weight excluding hydrogens is 311 g/mol. The van der Waals surface area contributed by atoms with Crippen molar-refractivity contribution in [3.63, 3.8) is 0 Å². The number of aliphatic hydroxyl groups is 2. The summed E-state index contributed by atoms with van der Waals surface area (Å²) in [5.74, 6) is 0.187. The summed E-state index contributed by atoms with van der Waals surface area (Å²) in [6.45, 7) is 6.31. The van der Waals surface area contributed by atoms with Crippen molar-refractivity contribution in [1.82, 2.24) is 0 Å². The van der Waals surface area contributed by atoms with Gasteiger partial charge in [-0.1, -0.05) is 0 Å². The Labute approximate surface area is 131 Å². The Morgan fingerprint density at radius 1 is 0.955 bits per heavy atom. The van der Waals surface area contributed by atoms with Crippen molar-refractivity contribution in [2.45, 2.75) is 43.8 Å². The Hall–Kier alpha value is -1.13. The largest absolute Gasteiger partial charge is 0.707 e. The average molecular weight is 334 g/mol. The summed E-state index contributed by atoms with van der Waals surface area (Å²) in [5, 5.41) is 35.1. The fraction of sp³-hybridized carbons (Fsp3) is 0.538. The molecule has 0 heterocycles. The van der Waals surface area contributed by atoms with Crippen molar-refractivity contribution in [1.29, 1.82) is 0 Å². The molecule has 7 nitrogen and oxygen atoms in total. The molecule has 0 radical (unpaired) electrons. The fourth-order valence-electron chi connectivity index (χ4n) is 0.887. The quantitative estimate of drug-likeness (QED) is 0.570. The molecule has 0 amide bonds. The number of hydrogen-bond acceptors (Lipinski definition) is 7. The molecule has 126 valence electrons. The third-order valence-corrected chi connectivity index (χ3v) is 4.12. The van der Waals surface area contributed by atoms with E-state index < -0.39 is 28.4 Å². The lowest BCUT2D eigenvalue weighted by Crippen LogP contribution is -2.44. The molecule has 0 fully saturated rings. The smallest absolute Gasteiger partial charge is 0.512 e. The Morgan fingerprint density at radius 3 is 1.55 bits per heavy atom. The van der Waals surface area contributed by atoms with Crippen molar-refractivity contribution in [2.75, 3.05) is 6.26 Å². The van der Waals surface area contributed by atoms with Gasteiger partial charge < -0.3 is 24.9 Å². The van der Waals surface area contributed by atoms with Crippen LogP contribution in [0.2, 0.25) is 0 Å². The normalized spacial score (nSPS) is 12.2. The Kier molecular flexibility index (Phi) is 7.05. The van der Waals surface area contributed by atoms with Gasteiger partial charge >= 0.3 is 7.32 Å². The minimum absolute atomic E-state index is 0.150. The maximum atomic E-state index is 11.0. The van der Waals surface area contributed by atoms with E-state index in [2.05, 4.69) is 4.65 Å². The van der Waals surface area contributed by atoms with Gasteiger partial charge in [0.05, 0.1) is 16.1 Å². The summed E-state index contributed by atoms with van der Waals surface area (Å²) >= 11 is 0. The van der Waals surface area contributed by atoms with Crippen LogP contribution in [0.5, 0.6) is 5.75 Å². The highest BCUT2D eigenvalue weighted by Gasteiger charge is 2.31. The molecule has 1 aromatic carbocycles. The minimum Gasteiger partial charge on any atom is -0.512 e. The van der Waals surface area contributed by atoms with E-state index in [0.717, 1.165) is 6.26 Å². The second kappa shape index (κ2) is 7.43. The first kappa shape index (κ1) is 20.9. The van der Waals surface area contributed by atoms with E-state index in [9.17, 15) is 8.42 Å². The van der Waals surface area contributed by atoms with Crippen LogP contribution < -0.4 is 4.65 Å². The van der Waals surface area contributed by atoms with Crippen LogP contribution in [0, 0.1) is 0 Å². The van der Waals surface area contributed by atoms with E-state index in [1.165, 1.54) is 24.3 Å². The van der Waals surface area contributed by atoms with Gasteiger partial charge in [0.1, 0.15) is 5.75 Å². The number of hydrogen-bond donors (Lipinski definition) is 4. The van der Waals surface area contributed by atoms with Crippen LogP contribution in [-0.4, -0.2) is 53.5 Å². The fourth-order valence-corrected chi connectivity index (χ4v) is 1.52. The van der Waals surface area contributed by atoms with Gasteiger partial charge in [0.2, 0.25) is 0 Å². The molecule has 9 heteroatoms. The van der Waals surface area contributed by atoms with Crippen LogP contribution in [0.4, 0.5) is 0 Å². The molecule has 0 aromatic heterocycles. The summed E-state index contributed by atoms with van der Waals surface area (Å²) < 4.78 is 26.6. The van der Waals surface area contributed by atoms with Gasteiger partial charge in [0.15, 0.2) is 9.84 Å². The molecule has 22 heavy (non-hydrogen) atoms. The molecule has 1 rings (SSSR count). The van der Waals surface area contributed by atoms with Crippen LogP contribution in [0.1, 0.15) is 27.7 Å². The third-order valence-electron chi connectivity index (χ3n) is 2.99. The Morgan fingerprint density at radius 2 is 1.32 bits per heavy atom. The monoisotopic (exact) mass is 334 g/mol. The zero-order valence-electron chi connectivity index (χ0n) is 13.3. The average Bonchev–Trinajstić information content (AvgIpc) is 2.25. The Balaban J connectivity index is 0.000000472. The van der Waals surface area contributed by atoms with E-state index in [0.29, 0.717) is 0 Å². The third kappa shape index (κ3) is 7.76. The maximum Gasteiger partial charge on any atom is 0.707 e. The van der Waals surface area contributed by atoms with E-state index in [1.54, 1.807) is 27.7 Å². The second-order valence-corrected chi connectivity index (χ2v) is 7.82. The molecule has 1 aromatic rings. The Bertz CT molecular complexity index is 542. The number of rotatable bonds is 4. The standard InChI is InChI=1S/C7H9BO5S.C6H14O2/c1-14(11,12)7-4-2-6(3-5-7)13-8(9)10;1-5(2,7)6(3,4)8/h2-5,9-10H,1H3;7-8H,1-4H3. The van der Waals surface area contributed by atoms with Gasteiger partial charge in [0, 0.05) is 6.26 Å². The molecule has 0 aliphatic rings. The van der Waals surface area contributed by atoms with Crippen molar-refractivity contribution < 1.29 is 33.3 Å². The SMILES string of the molecule is CC(C)(O)C(C)(C)O.CS(=O)(=O)c1ccc(OB(O)O)cc1. The van der Waals surface area contributed by atoms with Crippen LogP contribution in [0.15, 0.2) is 29.2 Å². The number of sulfone groups is 1. The highest BCUT2D eigenvalue weighted by atomic mass is 32.2. The summed E-state index contributed by atoms with van der Waals surface area (Å²) in [7, 11) is -5.13. The first-order valence-corrected chi connectivity index (χ1v) is 8.31. The first-order valence-electron chi connectivity index (χ1n) is 6.42. The highest BCUT2D eigenvalue weighted by Crippen LogP contribution is 2.19. The van der Waals surface area contributed by atoms with Gasteiger partial charge in [-0.25, -0.2) is 8.42 Å². The highest BCUT2D eigenvalue weighted by molar-refractivity contribution is 7.90. The molecule has 0 aliphatic heterocycles. The van der Waals surface area contributed by atoms with Crippen LogP contribution in [0.25, 0.3) is 0 Å². The lowest BCUT2D eigenvalue weighted by atomic mass is 9.90. The molecular formula is C13H23BO7S. The molecule has 4 N–H and O–H groups in total. The molecule has 0 aliphatic carbocycles. The van der Waals surface area contributed by atoms with Gasteiger partial charge in [-0.3, -0.25) is 0 Å². The molecule has 0 unspecified atom stereocenters. The summed E-state index contributed by atoms with van der Waals surface area (Å²) in [4.78, 5) is 0.150. The van der Waals surface area contributed by atoms with Crippen molar-refractivity contribution in [2.24, 2.45) is 0 Å². The van der Waals surface area contributed by atoms with Crippen molar-refractivity contribution in [3.05, 3.63) is 24.3 Å². The molecule has 0 atom stereocenters. The van der Waals surface area contributed by atoms with Crippen molar-refractivity contribution >= 4 is 17.2 Å². The topological polar surface area (TPSA) is 124 Å². The predicted octanol–water partition coefficient (Wildman–Crippen LogP) is -0.0334. The van der Waals surface area contributed by atoms with E-state index in [4.69, 9.17) is 20.3 Å². The zero-order chi connectivity index (χ0) is 17.8. The molecule has 0 bridgehead atoms. The van der Waals surface area contributed by atoms with E-state index >= 15 is 0 Å². The van der Waals surface area contributed by atoms with Crippen molar-refractivity contribution in [3.8, 4) is 5.75 Å². The van der Waals surface area contributed by atoms with E-state index in [-0.39, 0.29) is 10.6 Å². The van der Waals surface area contributed by atoms with Crippen LogP contribution in [-0.2, 0) is 9.84 Å².